The zero-order chi connectivity index (χ0) is 25.7. The van der Waals surface area contributed by atoms with Crippen LogP contribution in [0, 0.1) is 0 Å². The molecule has 3 aromatic carbocycles. The Kier molecular flexibility index (Phi) is 7.39. The fraction of sp³-hybridized carbons (Fsp3) is 0.172. The van der Waals surface area contributed by atoms with Gasteiger partial charge in [0.25, 0.3) is 5.91 Å². The second-order valence-corrected chi connectivity index (χ2v) is 8.66. The fourth-order valence-electron chi connectivity index (χ4n) is 3.77. The van der Waals surface area contributed by atoms with E-state index >= 15 is 0 Å². The van der Waals surface area contributed by atoms with Crippen LogP contribution in [0.4, 0.5) is 5.69 Å². The number of benzene rings is 3. The van der Waals surface area contributed by atoms with Gasteiger partial charge in [-0.25, -0.2) is 10.4 Å². The van der Waals surface area contributed by atoms with Crippen LogP contribution in [-0.2, 0) is 4.79 Å². The number of carbonyl (C=O) groups is 2. The summed E-state index contributed by atoms with van der Waals surface area (Å²) >= 11 is 0. The molecule has 182 valence electrons. The van der Waals surface area contributed by atoms with E-state index in [9.17, 15) is 9.59 Å². The van der Waals surface area contributed by atoms with Crippen molar-refractivity contribution in [3.63, 3.8) is 0 Å². The van der Waals surface area contributed by atoms with E-state index in [4.69, 9.17) is 9.72 Å². The third kappa shape index (κ3) is 5.93. The highest BCUT2D eigenvalue weighted by atomic mass is 16.5. The number of amides is 2. The molecule has 0 bridgehead atoms. The van der Waals surface area contributed by atoms with E-state index in [2.05, 4.69) is 15.8 Å². The molecule has 0 saturated heterocycles. The highest BCUT2D eigenvalue weighted by Gasteiger charge is 2.14. The highest BCUT2D eigenvalue weighted by molar-refractivity contribution is 6.08. The van der Waals surface area contributed by atoms with Gasteiger partial charge in [-0.15, -0.1) is 0 Å². The Labute approximate surface area is 210 Å². The summed E-state index contributed by atoms with van der Waals surface area (Å²) in [7, 11) is 0. The number of ether oxygens (including phenoxy) is 1. The first-order valence-electron chi connectivity index (χ1n) is 11.7. The molecule has 0 unspecified atom stereocenters. The molecule has 2 N–H and O–H groups in total. The predicted molar refractivity (Wildman–Crippen MR) is 143 cm³/mol. The van der Waals surface area contributed by atoms with Gasteiger partial charge in [0.2, 0.25) is 5.91 Å². The van der Waals surface area contributed by atoms with Crippen molar-refractivity contribution in [3.05, 3.63) is 90.0 Å². The van der Waals surface area contributed by atoms with E-state index in [0.717, 1.165) is 22.3 Å². The van der Waals surface area contributed by atoms with Crippen LogP contribution in [0.1, 0.15) is 43.6 Å². The Morgan fingerprint density at radius 2 is 1.67 bits per heavy atom. The van der Waals surface area contributed by atoms with Gasteiger partial charge in [-0.05, 0) is 62.7 Å². The summed E-state index contributed by atoms with van der Waals surface area (Å²) < 4.78 is 5.83. The Morgan fingerprint density at radius 3 is 2.39 bits per heavy atom. The maximum atomic E-state index is 13.2. The molecule has 36 heavy (non-hydrogen) atoms. The smallest absolute Gasteiger partial charge is 0.272 e. The van der Waals surface area contributed by atoms with E-state index in [1.807, 2.05) is 81.4 Å². The van der Waals surface area contributed by atoms with Crippen molar-refractivity contribution in [2.45, 2.75) is 33.8 Å². The summed E-state index contributed by atoms with van der Waals surface area (Å²) in [4.78, 5) is 29.2. The summed E-state index contributed by atoms with van der Waals surface area (Å²) in [6.07, 6.45) is 0.0499. The van der Waals surface area contributed by atoms with Crippen LogP contribution in [-0.4, -0.2) is 28.6 Å². The first kappa shape index (κ1) is 24.6. The lowest BCUT2D eigenvalue weighted by Gasteiger charge is -2.12. The molecule has 0 aliphatic rings. The third-order valence-electron chi connectivity index (χ3n) is 5.41. The molecule has 7 heteroatoms. The lowest BCUT2D eigenvalue weighted by Crippen LogP contribution is -2.20. The van der Waals surface area contributed by atoms with Crippen LogP contribution >= 0.6 is 0 Å². The molecule has 0 spiro atoms. The van der Waals surface area contributed by atoms with E-state index in [1.165, 1.54) is 6.92 Å². The summed E-state index contributed by atoms with van der Waals surface area (Å²) in [6.45, 7) is 7.22. The molecule has 2 amide bonds. The van der Waals surface area contributed by atoms with Gasteiger partial charge in [-0.3, -0.25) is 9.59 Å². The topological polar surface area (TPSA) is 92.7 Å². The minimum Gasteiger partial charge on any atom is -0.491 e. The lowest BCUT2D eigenvalue weighted by atomic mass is 10.0. The van der Waals surface area contributed by atoms with Gasteiger partial charge < -0.3 is 10.1 Å². The van der Waals surface area contributed by atoms with Crippen molar-refractivity contribution >= 4 is 34.1 Å². The van der Waals surface area contributed by atoms with Crippen molar-refractivity contribution in [1.82, 2.24) is 10.4 Å². The lowest BCUT2D eigenvalue weighted by molar-refractivity contribution is -0.114. The van der Waals surface area contributed by atoms with Gasteiger partial charge in [0.1, 0.15) is 5.75 Å². The summed E-state index contributed by atoms with van der Waals surface area (Å²) in [5, 5.41) is 7.77. The number of nitrogens with zero attached hydrogens (tertiary/aromatic N) is 2. The van der Waals surface area contributed by atoms with Gasteiger partial charge >= 0.3 is 0 Å². The van der Waals surface area contributed by atoms with E-state index in [-0.39, 0.29) is 17.9 Å². The van der Waals surface area contributed by atoms with Gasteiger partial charge in [0.05, 0.1) is 28.6 Å². The maximum Gasteiger partial charge on any atom is 0.272 e. The Bertz CT molecular complexity index is 1440. The van der Waals surface area contributed by atoms with Crippen molar-refractivity contribution < 1.29 is 14.3 Å². The molecule has 0 radical (unpaired) electrons. The number of hydrogen-bond donors (Lipinski definition) is 2. The normalized spacial score (nSPS) is 11.4. The first-order chi connectivity index (χ1) is 17.3. The van der Waals surface area contributed by atoms with Crippen LogP contribution in [0.15, 0.2) is 84.0 Å². The molecule has 0 aliphatic carbocycles. The van der Waals surface area contributed by atoms with Gasteiger partial charge in [0.15, 0.2) is 0 Å². The van der Waals surface area contributed by atoms with Crippen LogP contribution in [0.5, 0.6) is 5.75 Å². The molecule has 1 aromatic heterocycles. The van der Waals surface area contributed by atoms with Crippen molar-refractivity contribution in [3.8, 4) is 17.0 Å². The Morgan fingerprint density at radius 1 is 0.917 bits per heavy atom. The molecule has 7 nitrogen and oxygen atoms in total. The largest absolute Gasteiger partial charge is 0.491 e. The Balaban J connectivity index is 1.63. The molecule has 4 rings (SSSR count). The predicted octanol–water partition coefficient (Wildman–Crippen LogP) is 5.80. The van der Waals surface area contributed by atoms with Crippen LogP contribution in [0.2, 0.25) is 0 Å². The molecule has 4 aromatic rings. The molecule has 0 saturated carbocycles. The van der Waals surface area contributed by atoms with E-state index < -0.39 is 0 Å². The number of hydrazone groups is 1. The zero-order valence-electron chi connectivity index (χ0n) is 20.7. The average molecular weight is 481 g/mol. The number of para-hydroxylation sites is 1. The van der Waals surface area contributed by atoms with Crippen molar-refractivity contribution in [1.29, 1.82) is 0 Å². The molecule has 0 atom stereocenters. The van der Waals surface area contributed by atoms with E-state index in [1.54, 1.807) is 18.2 Å². The standard InChI is InChI=1S/C29H28N4O3/c1-18(2)36-24-9-7-8-22(16-24)28-17-26(25-10-5-6-11-27(25)31-28)29(35)33-32-19(3)21-12-14-23(15-13-21)30-20(4)34/h5-18H,1-4H3,(H,30,34)(H,33,35)/b32-19+. The van der Waals surface area contributed by atoms with Crippen LogP contribution < -0.4 is 15.5 Å². The van der Waals surface area contributed by atoms with Crippen LogP contribution in [0.3, 0.4) is 0 Å². The molecule has 0 fully saturated rings. The molecule has 1 heterocycles. The number of hydrogen-bond acceptors (Lipinski definition) is 5. The molecule has 0 aliphatic heterocycles. The number of pyridine rings is 1. The number of fused-ring (bicyclic) bond motifs is 1. The summed E-state index contributed by atoms with van der Waals surface area (Å²) in [6, 6.07) is 24.2. The summed E-state index contributed by atoms with van der Waals surface area (Å²) in [5.41, 5.74) is 7.55. The second kappa shape index (κ2) is 10.8. The third-order valence-corrected chi connectivity index (χ3v) is 5.41. The van der Waals surface area contributed by atoms with Crippen LogP contribution in [0.25, 0.3) is 22.2 Å². The van der Waals surface area contributed by atoms with E-state index in [0.29, 0.717) is 28.2 Å². The first-order valence-corrected chi connectivity index (χ1v) is 11.7. The quantitative estimate of drug-likeness (QED) is 0.258. The SMILES string of the molecule is CC(=O)Nc1ccc(/C(C)=N/NC(=O)c2cc(-c3cccc(OC(C)C)c3)nc3ccccc23)cc1. The van der Waals surface area contributed by atoms with Gasteiger partial charge in [-0.1, -0.05) is 42.5 Å². The van der Waals surface area contributed by atoms with Crippen molar-refractivity contribution in [2.75, 3.05) is 5.32 Å². The number of anilines is 1. The maximum absolute atomic E-state index is 13.2. The van der Waals surface area contributed by atoms with Crippen molar-refractivity contribution in [2.24, 2.45) is 5.10 Å². The molecular weight excluding hydrogens is 452 g/mol. The summed E-state index contributed by atoms with van der Waals surface area (Å²) in [5.74, 6) is 0.274. The zero-order valence-corrected chi connectivity index (χ0v) is 20.7. The monoisotopic (exact) mass is 480 g/mol. The fourth-order valence-corrected chi connectivity index (χ4v) is 3.77. The van der Waals surface area contributed by atoms with Gasteiger partial charge in [0, 0.05) is 23.6 Å². The molecular formula is C29H28N4O3. The average Bonchev–Trinajstić information content (AvgIpc) is 2.86. The van der Waals surface area contributed by atoms with Gasteiger partial charge in [-0.2, -0.15) is 5.10 Å². The Hall–Kier alpha value is -4.52. The minimum absolute atomic E-state index is 0.0499. The number of aromatic nitrogens is 1. The highest BCUT2D eigenvalue weighted by Crippen LogP contribution is 2.27. The second-order valence-electron chi connectivity index (χ2n) is 8.66. The minimum atomic E-state index is -0.335. The number of nitrogens with one attached hydrogen (secondary N) is 2. The number of rotatable bonds is 7. The number of carbonyl (C=O) groups excluding carboxylic acids is 2.